The maximum absolute atomic E-state index is 13.1. The van der Waals surface area contributed by atoms with Crippen LogP contribution in [0.15, 0.2) is 54.6 Å². The molecule has 0 spiro atoms. The highest BCUT2D eigenvalue weighted by atomic mass is 35.5. The van der Waals surface area contributed by atoms with Gasteiger partial charge < -0.3 is 15.4 Å². The summed E-state index contributed by atoms with van der Waals surface area (Å²) in [5, 5.41) is 0. The Balaban J connectivity index is 0.00000300. The van der Waals surface area contributed by atoms with E-state index in [0.29, 0.717) is 39.3 Å². The number of hydrogen-bond donors (Lipinski definition) is 1. The quantitative estimate of drug-likeness (QED) is 0.711. The largest absolute Gasteiger partial charge is 0.370 e. The van der Waals surface area contributed by atoms with Crippen LogP contribution in [0.4, 0.5) is 4.39 Å². The first kappa shape index (κ1) is 23.3. The number of benzene rings is 2. The molecule has 1 unspecified atom stereocenters. The van der Waals surface area contributed by atoms with E-state index < -0.39 is 0 Å². The first-order valence-corrected chi connectivity index (χ1v) is 9.77. The van der Waals surface area contributed by atoms with Crippen molar-refractivity contribution in [1.82, 2.24) is 9.80 Å². The zero-order chi connectivity index (χ0) is 19.8. The minimum Gasteiger partial charge on any atom is -0.370 e. The van der Waals surface area contributed by atoms with Gasteiger partial charge in [-0.25, -0.2) is 4.39 Å². The number of amides is 1. The van der Waals surface area contributed by atoms with Gasteiger partial charge in [0.1, 0.15) is 11.9 Å². The molecular formula is C22H29ClFN3O2. The monoisotopic (exact) mass is 421 g/mol. The Labute approximate surface area is 178 Å². The summed E-state index contributed by atoms with van der Waals surface area (Å²) in [6.07, 6.45) is 0.667. The van der Waals surface area contributed by atoms with E-state index in [1.165, 1.54) is 17.7 Å². The van der Waals surface area contributed by atoms with Crippen LogP contribution in [0.3, 0.4) is 0 Å². The normalized spacial score (nSPS) is 16.5. The Morgan fingerprint density at radius 3 is 2.55 bits per heavy atom. The summed E-state index contributed by atoms with van der Waals surface area (Å²) < 4.78 is 18.9. The van der Waals surface area contributed by atoms with Crippen LogP contribution in [0.5, 0.6) is 0 Å². The van der Waals surface area contributed by atoms with Crippen molar-refractivity contribution in [2.24, 2.45) is 5.73 Å². The number of carbonyl (C=O) groups excluding carboxylic acids is 1. The molecule has 0 aromatic heterocycles. The highest BCUT2D eigenvalue weighted by Gasteiger charge is 2.26. The predicted molar refractivity (Wildman–Crippen MR) is 115 cm³/mol. The lowest BCUT2D eigenvalue weighted by atomic mass is 10.1. The number of morpholine rings is 1. The number of nitrogens with two attached hydrogens (primary N) is 1. The highest BCUT2D eigenvalue weighted by Crippen LogP contribution is 2.22. The maximum Gasteiger partial charge on any atom is 0.236 e. The molecule has 2 aromatic carbocycles. The first-order chi connectivity index (χ1) is 13.7. The summed E-state index contributed by atoms with van der Waals surface area (Å²) in [7, 11) is 0. The fraction of sp³-hybridized carbons (Fsp3) is 0.409. The van der Waals surface area contributed by atoms with E-state index in [-0.39, 0.29) is 30.2 Å². The van der Waals surface area contributed by atoms with Crippen molar-refractivity contribution < 1.29 is 13.9 Å². The van der Waals surface area contributed by atoms with Crippen LogP contribution < -0.4 is 5.73 Å². The number of hydrogen-bond acceptors (Lipinski definition) is 4. The number of carbonyl (C=O) groups is 1. The van der Waals surface area contributed by atoms with Gasteiger partial charge in [-0.3, -0.25) is 9.69 Å². The van der Waals surface area contributed by atoms with Gasteiger partial charge in [0.15, 0.2) is 0 Å². The van der Waals surface area contributed by atoms with Gasteiger partial charge >= 0.3 is 0 Å². The van der Waals surface area contributed by atoms with Crippen molar-refractivity contribution in [2.45, 2.75) is 12.5 Å². The average molecular weight is 422 g/mol. The first-order valence-electron chi connectivity index (χ1n) is 9.77. The number of nitrogens with zero attached hydrogens (tertiary/aromatic N) is 2. The SMILES string of the molecule is Cl.NCCN(CCc1ccccc1)CC(=O)N1CCOC(c2ccc(F)cc2)C1. The molecule has 3 rings (SSSR count). The second-order valence-corrected chi connectivity index (χ2v) is 7.05. The fourth-order valence-corrected chi connectivity index (χ4v) is 3.43. The topological polar surface area (TPSA) is 58.8 Å². The summed E-state index contributed by atoms with van der Waals surface area (Å²) in [4.78, 5) is 16.8. The molecule has 0 aliphatic carbocycles. The van der Waals surface area contributed by atoms with Gasteiger partial charge in [-0.1, -0.05) is 42.5 Å². The van der Waals surface area contributed by atoms with Gasteiger partial charge in [0, 0.05) is 26.2 Å². The van der Waals surface area contributed by atoms with Crippen LogP contribution in [0, 0.1) is 5.82 Å². The molecule has 1 atom stereocenters. The van der Waals surface area contributed by atoms with E-state index in [1.54, 1.807) is 12.1 Å². The van der Waals surface area contributed by atoms with Gasteiger partial charge in [-0.2, -0.15) is 0 Å². The minimum atomic E-state index is -0.275. The third kappa shape index (κ3) is 7.08. The highest BCUT2D eigenvalue weighted by molar-refractivity contribution is 5.85. The predicted octanol–water partition coefficient (Wildman–Crippen LogP) is 2.65. The van der Waals surface area contributed by atoms with Gasteiger partial charge in [0.2, 0.25) is 5.91 Å². The van der Waals surface area contributed by atoms with Crippen LogP contribution in [-0.2, 0) is 16.0 Å². The van der Waals surface area contributed by atoms with E-state index >= 15 is 0 Å². The number of rotatable bonds is 8. The fourth-order valence-electron chi connectivity index (χ4n) is 3.43. The van der Waals surface area contributed by atoms with Crippen molar-refractivity contribution in [3.63, 3.8) is 0 Å². The third-order valence-electron chi connectivity index (χ3n) is 5.02. The Kier molecular flexibility index (Phi) is 9.54. The van der Waals surface area contributed by atoms with Gasteiger partial charge in [0.05, 0.1) is 19.7 Å². The van der Waals surface area contributed by atoms with Crippen molar-refractivity contribution in [2.75, 3.05) is 45.9 Å². The van der Waals surface area contributed by atoms with E-state index in [1.807, 2.05) is 23.1 Å². The van der Waals surface area contributed by atoms with Gasteiger partial charge in [-0.05, 0) is 29.7 Å². The van der Waals surface area contributed by atoms with Crippen LogP contribution in [-0.4, -0.2) is 61.6 Å². The zero-order valence-electron chi connectivity index (χ0n) is 16.5. The molecule has 1 amide bonds. The third-order valence-corrected chi connectivity index (χ3v) is 5.02. The Bertz CT molecular complexity index is 745. The Morgan fingerprint density at radius 1 is 1.14 bits per heavy atom. The van der Waals surface area contributed by atoms with Gasteiger partial charge in [0.25, 0.3) is 0 Å². The Hall–Kier alpha value is -1.99. The van der Waals surface area contributed by atoms with E-state index in [2.05, 4.69) is 17.0 Å². The Morgan fingerprint density at radius 2 is 1.86 bits per heavy atom. The second-order valence-electron chi connectivity index (χ2n) is 7.05. The smallest absolute Gasteiger partial charge is 0.236 e. The molecule has 1 heterocycles. The van der Waals surface area contributed by atoms with Crippen molar-refractivity contribution in [1.29, 1.82) is 0 Å². The van der Waals surface area contributed by atoms with Crippen LogP contribution >= 0.6 is 12.4 Å². The molecule has 158 valence electrons. The molecule has 5 nitrogen and oxygen atoms in total. The number of halogens is 2. The van der Waals surface area contributed by atoms with Crippen LogP contribution in [0.1, 0.15) is 17.2 Å². The summed E-state index contributed by atoms with van der Waals surface area (Å²) in [5.74, 6) is -0.194. The second kappa shape index (κ2) is 11.9. The molecule has 0 saturated carbocycles. The van der Waals surface area contributed by atoms with Crippen molar-refractivity contribution >= 4 is 18.3 Å². The van der Waals surface area contributed by atoms with E-state index in [0.717, 1.165) is 18.5 Å². The lowest BCUT2D eigenvalue weighted by Crippen LogP contribution is -2.47. The molecule has 2 N–H and O–H groups in total. The molecule has 0 bridgehead atoms. The summed E-state index contributed by atoms with van der Waals surface area (Å²) in [5.41, 5.74) is 7.89. The molecule has 29 heavy (non-hydrogen) atoms. The summed E-state index contributed by atoms with van der Waals surface area (Å²) >= 11 is 0. The standard InChI is InChI=1S/C22H28FN3O2.ClH/c23-20-8-6-19(7-9-20)21-16-26(14-15-28-21)22(27)17-25(13-11-24)12-10-18-4-2-1-3-5-18;/h1-9,21H,10-17,24H2;1H. The maximum atomic E-state index is 13.1. The number of ether oxygens (including phenoxy) is 1. The molecule has 1 fully saturated rings. The van der Waals surface area contributed by atoms with Crippen molar-refractivity contribution in [3.05, 3.63) is 71.5 Å². The summed E-state index contributed by atoms with van der Waals surface area (Å²) in [6, 6.07) is 16.5. The summed E-state index contributed by atoms with van der Waals surface area (Å²) in [6.45, 7) is 3.88. The van der Waals surface area contributed by atoms with Crippen LogP contribution in [0.2, 0.25) is 0 Å². The minimum absolute atomic E-state index is 0. The molecule has 1 saturated heterocycles. The molecular weight excluding hydrogens is 393 g/mol. The molecule has 0 radical (unpaired) electrons. The average Bonchev–Trinajstić information content (AvgIpc) is 2.73. The lowest BCUT2D eigenvalue weighted by molar-refractivity contribution is -0.140. The van der Waals surface area contributed by atoms with Gasteiger partial charge in [-0.15, -0.1) is 12.4 Å². The lowest BCUT2D eigenvalue weighted by Gasteiger charge is -2.34. The molecule has 7 heteroatoms. The molecule has 2 aromatic rings. The zero-order valence-corrected chi connectivity index (χ0v) is 17.3. The van der Waals surface area contributed by atoms with Crippen molar-refractivity contribution in [3.8, 4) is 0 Å². The molecule has 1 aliphatic rings. The molecule has 1 aliphatic heterocycles. The van der Waals surface area contributed by atoms with E-state index in [4.69, 9.17) is 10.5 Å². The van der Waals surface area contributed by atoms with E-state index in [9.17, 15) is 9.18 Å². The van der Waals surface area contributed by atoms with Crippen LogP contribution in [0.25, 0.3) is 0 Å².